The van der Waals surface area contributed by atoms with Crippen LogP contribution in [0.25, 0.3) is 0 Å². The van der Waals surface area contributed by atoms with Crippen molar-refractivity contribution < 1.29 is 4.79 Å². The van der Waals surface area contributed by atoms with Gasteiger partial charge in [-0.3, -0.25) is 9.79 Å². The van der Waals surface area contributed by atoms with Crippen molar-refractivity contribution in [2.75, 3.05) is 26.2 Å². The number of benzene rings is 1. The largest absolute Gasteiger partial charge is 0.370 e. The van der Waals surface area contributed by atoms with Gasteiger partial charge < -0.3 is 16.0 Å². The third-order valence-corrected chi connectivity index (χ3v) is 5.30. The Balaban J connectivity index is 1.99. The minimum Gasteiger partial charge on any atom is -0.370 e. The molecule has 1 aromatic rings. The highest BCUT2D eigenvalue weighted by atomic mass is 79.9. The Morgan fingerprint density at radius 1 is 1.52 bits per heavy atom. The highest BCUT2D eigenvalue weighted by Crippen LogP contribution is 2.22. The first-order valence-electron chi connectivity index (χ1n) is 8.75. The van der Waals surface area contributed by atoms with E-state index in [-0.39, 0.29) is 5.91 Å². The van der Waals surface area contributed by atoms with Crippen LogP contribution in [0.15, 0.2) is 27.7 Å². The highest BCUT2D eigenvalue weighted by molar-refractivity contribution is 9.10. The first-order chi connectivity index (χ1) is 12.0. The van der Waals surface area contributed by atoms with Crippen LogP contribution < -0.4 is 11.1 Å². The number of rotatable bonds is 6. The first kappa shape index (κ1) is 20.0. The molecule has 1 aliphatic rings. The Morgan fingerprint density at radius 3 is 3.04 bits per heavy atom. The molecule has 0 spiro atoms. The number of likely N-dealkylation sites (tertiary alicyclic amines) is 1. The lowest BCUT2D eigenvalue weighted by molar-refractivity contribution is -0.119. The molecule has 0 aromatic heterocycles. The molecule has 2 rings (SSSR count). The van der Waals surface area contributed by atoms with Gasteiger partial charge >= 0.3 is 0 Å². The number of amides is 1. The second-order valence-corrected chi connectivity index (χ2v) is 7.64. The highest BCUT2D eigenvalue weighted by Gasteiger charge is 2.23. The van der Waals surface area contributed by atoms with Gasteiger partial charge in [0.15, 0.2) is 5.96 Å². The fourth-order valence-electron chi connectivity index (χ4n) is 3.15. The van der Waals surface area contributed by atoms with Crippen LogP contribution in [0.3, 0.4) is 0 Å². The number of carbonyl (C=O) groups is 1. The van der Waals surface area contributed by atoms with Crippen LogP contribution >= 0.6 is 27.5 Å². The predicted molar refractivity (Wildman–Crippen MR) is 107 cm³/mol. The van der Waals surface area contributed by atoms with Gasteiger partial charge in [0.05, 0.1) is 0 Å². The van der Waals surface area contributed by atoms with Gasteiger partial charge in [-0.1, -0.05) is 27.5 Å². The molecule has 1 aliphatic heterocycles. The maximum atomic E-state index is 11.2. The molecular formula is C18H26BrClN4O. The summed E-state index contributed by atoms with van der Waals surface area (Å²) in [7, 11) is 0. The second kappa shape index (κ2) is 10.0. The Morgan fingerprint density at radius 2 is 2.32 bits per heavy atom. The molecular weight excluding hydrogens is 404 g/mol. The molecule has 1 atom stereocenters. The molecule has 1 aromatic carbocycles. The number of piperidine rings is 1. The van der Waals surface area contributed by atoms with Gasteiger partial charge in [0, 0.05) is 42.1 Å². The average Bonchev–Trinajstić information content (AvgIpc) is 2.57. The normalized spacial score (nSPS) is 18.3. The minimum absolute atomic E-state index is 0.223. The summed E-state index contributed by atoms with van der Waals surface area (Å²) in [4.78, 5) is 18.2. The molecule has 138 valence electrons. The van der Waals surface area contributed by atoms with E-state index < -0.39 is 0 Å². The molecule has 5 nitrogen and oxygen atoms in total. The van der Waals surface area contributed by atoms with Crippen LogP contribution in [-0.2, 0) is 11.2 Å². The monoisotopic (exact) mass is 428 g/mol. The van der Waals surface area contributed by atoms with Crippen LogP contribution in [0.1, 0.15) is 31.7 Å². The fourth-order valence-corrected chi connectivity index (χ4v) is 3.79. The summed E-state index contributed by atoms with van der Waals surface area (Å²) in [6, 6.07) is 5.80. The molecule has 1 unspecified atom stereocenters. The van der Waals surface area contributed by atoms with Crippen molar-refractivity contribution in [3.8, 4) is 0 Å². The maximum Gasteiger partial charge on any atom is 0.217 e. The van der Waals surface area contributed by atoms with E-state index in [1.54, 1.807) is 0 Å². The number of guanidine groups is 1. The predicted octanol–water partition coefficient (Wildman–Crippen LogP) is 3.20. The lowest BCUT2D eigenvalue weighted by atomic mass is 9.95. The number of hydrogen-bond acceptors (Lipinski definition) is 2. The second-order valence-electron chi connectivity index (χ2n) is 6.35. The van der Waals surface area contributed by atoms with Crippen LogP contribution in [0.2, 0.25) is 5.02 Å². The number of hydrogen-bond donors (Lipinski definition) is 2. The molecule has 25 heavy (non-hydrogen) atoms. The molecule has 0 saturated carbocycles. The van der Waals surface area contributed by atoms with Crippen LogP contribution in [0.4, 0.5) is 0 Å². The fraction of sp³-hybridized carbons (Fsp3) is 0.556. The molecule has 3 N–H and O–H groups in total. The summed E-state index contributed by atoms with van der Waals surface area (Å²) in [6.45, 7) is 5.35. The number of aliphatic imine (C=N–C) groups is 1. The molecule has 1 saturated heterocycles. The number of nitrogens with two attached hydrogens (primary N) is 1. The molecule has 1 fully saturated rings. The van der Waals surface area contributed by atoms with E-state index in [0.29, 0.717) is 18.9 Å². The standard InChI is InChI=1S/C18H26BrClN4O/c1-2-22-18(24-9-3-4-13(12-24)10-17(21)25)23-8-7-14-11-15(20)5-6-16(14)19/h5-6,11,13H,2-4,7-10,12H2,1H3,(H2,21,25)(H,22,23). The summed E-state index contributed by atoms with van der Waals surface area (Å²) in [6.07, 6.45) is 3.37. The van der Waals surface area contributed by atoms with Crippen molar-refractivity contribution in [2.24, 2.45) is 16.6 Å². The zero-order valence-electron chi connectivity index (χ0n) is 14.6. The zero-order chi connectivity index (χ0) is 18.2. The first-order valence-corrected chi connectivity index (χ1v) is 9.92. The van der Waals surface area contributed by atoms with Gasteiger partial charge in [0.2, 0.25) is 5.91 Å². The number of nitrogens with zero attached hydrogens (tertiary/aromatic N) is 2. The van der Waals surface area contributed by atoms with Gasteiger partial charge in [-0.2, -0.15) is 0 Å². The van der Waals surface area contributed by atoms with E-state index in [4.69, 9.17) is 22.3 Å². The van der Waals surface area contributed by atoms with Crippen molar-refractivity contribution >= 4 is 39.4 Å². The zero-order valence-corrected chi connectivity index (χ0v) is 16.9. The van der Waals surface area contributed by atoms with E-state index >= 15 is 0 Å². The lowest BCUT2D eigenvalue weighted by Crippen LogP contribution is -2.47. The number of halogens is 2. The van der Waals surface area contributed by atoms with Crippen molar-refractivity contribution in [1.82, 2.24) is 10.2 Å². The molecule has 0 aliphatic carbocycles. The molecule has 0 bridgehead atoms. The lowest BCUT2D eigenvalue weighted by Gasteiger charge is -2.34. The summed E-state index contributed by atoms with van der Waals surface area (Å²) in [5.74, 6) is 1.01. The van der Waals surface area contributed by atoms with Gasteiger partial charge in [0.25, 0.3) is 0 Å². The third-order valence-electron chi connectivity index (χ3n) is 4.29. The van der Waals surface area contributed by atoms with Gasteiger partial charge in [-0.25, -0.2) is 0 Å². The topological polar surface area (TPSA) is 70.7 Å². The summed E-state index contributed by atoms with van der Waals surface area (Å²) >= 11 is 9.63. The van der Waals surface area contributed by atoms with E-state index in [9.17, 15) is 4.79 Å². The number of nitrogens with one attached hydrogen (secondary N) is 1. The van der Waals surface area contributed by atoms with Crippen molar-refractivity contribution in [3.63, 3.8) is 0 Å². The van der Waals surface area contributed by atoms with E-state index in [1.807, 2.05) is 18.2 Å². The summed E-state index contributed by atoms with van der Waals surface area (Å²) in [5, 5.41) is 4.10. The third kappa shape index (κ3) is 6.51. The molecule has 1 heterocycles. The Bertz CT molecular complexity index is 623. The van der Waals surface area contributed by atoms with Crippen LogP contribution in [0.5, 0.6) is 0 Å². The smallest absolute Gasteiger partial charge is 0.217 e. The molecule has 7 heteroatoms. The van der Waals surface area contributed by atoms with E-state index in [2.05, 4.69) is 33.1 Å². The van der Waals surface area contributed by atoms with Gasteiger partial charge in [-0.05, 0) is 55.9 Å². The van der Waals surface area contributed by atoms with Crippen molar-refractivity contribution in [1.29, 1.82) is 0 Å². The molecule has 0 radical (unpaired) electrons. The van der Waals surface area contributed by atoms with Crippen molar-refractivity contribution in [2.45, 2.75) is 32.6 Å². The Kier molecular flexibility index (Phi) is 8.03. The summed E-state index contributed by atoms with van der Waals surface area (Å²) in [5.41, 5.74) is 6.51. The number of carbonyl (C=O) groups excluding carboxylic acids is 1. The van der Waals surface area contributed by atoms with Crippen LogP contribution in [-0.4, -0.2) is 42.9 Å². The average molecular weight is 430 g/mol. The molecule has 1 amide bonds. The van der Waals surface area contributed by atoms with E-state index in [0.717, 1.165) is 59.9 Å². The van der Waals surface area contributed by atoms with Gasteiger partial charge in [0.1, 0.15) is 0 Å². The van der Waals surface area contributed by atoms with Gasteiger partial charge in [-0.15, -0.1) is 0 Å². The summed E-state index contributed by atoms with van der Waals surface area (Å²) < 4.78 is 1.05. The van der Waals surface area contributed by atoms with Crippen LogP contribution in [0, 0.1) is 5.92 Å². The quantitative estimate of drug-likeness (QED) is 0.539. The minimum atomic E-state index is -0.223. The van der Waals surface area contributed by atoms with E-state index in [1.165, 1.54) is 0 Å². The Labute approximate surface area is 163 Å². The Hall–Kier alpha value is -1.27. The number of primary amides is 1. The van der Waals surface area contributed by atoms with Crippen molar-refractivity contribution in [3.05, 3.63) is 33.3 Å². The maximum absolute atomic E-state index is 11.2. The SMILES string of the molecule is CCNC(=NCCc1cc(Cl)ccc1Br)N1CCCC(CC(N)=O)C1.